The van der Waals surface area contributed by atoms with Gasteiger partial charge >= 0.3 is 0 Å². The van der Waals surface area contributed by atoms with Gasteiger partial charge in [-0.15, -0.1) is 0 Å². The fraction of sp³-hybridized carbons (Fsp3) is 0.714. The van der Waals surface area contributed by atoms with Crippen molar-refractivity contribution in [2.24, 2.45) is 17.8 Å². The molecule has 0 spiro atoms. The lowest BCUT2D eigenvalue weighted by Crippen LogP contribution is -2.31. The SMILES string of the molecule is Clc1cc(Cl)cc(CN2C[C@@H]3[C@H](COCCCN4CCCCC4)[C@@H]3C2)c1. The van der Waals surface area contributed by atoms with Gasteiger partial charge in [0.1, 0.15) is 0 Å². The molecule has 1 saturated carbocycles. The molecule has 0 amide bonds. The van der Waals surface area contributed by atoms with Gasteiger partial charge in [0.2, 0.25) is 0 Å². The molecule has 0 unspecified atom stereocenters. The van der Waals surface area contributed by atoms with Gasteiger partial charge in [-0.1, -0.05) is 29.6 Å². The summed E-state index contributed by atoms with van der Waals surface area (Å²) in [5, 5.41) is 1.46. The van der Waals surface area contributed by atoms with E-state index in [9.17, 15) is 0 Å². The minimum absolute atomic E-state index is 0.729. The molecule has 1 aromatic carbocycles. The van der Waals surface area contributed by atoms with Crippen LogP contribution in [0.2, 0.25) is 10.0 Å². The first-order valence-corrected chi connectivity index (χ1v) is 10.9. The molecule has 3 atom stereocenters. The number of benzene rings is 1. The molecule has 0 aromatic heterocycles. The van der Waals surface area contributed by atoms with Crippen LogP contribution in [0.15, 0.2) is 18.2 Å². The highest BCUT2D eigenvalue weighted by Crippen LogP contribution is 2.52. The highest BCUT2D eigenvalue weighted by Gasteiger charge is 2.55. The number of fused-ring (bicyclic) bond motifs is 1. The summed E-state index contributed by atoms with van der Waals surface area (Å²) in [4.78, 5) is 5.13. The second kappa shape index (κ2) is 8.79. The molecule has 2 aliphatic heterocycles. The van der Waals surface area contributed by atoms with Crippen LogP contribution in [0.25, 0.3) is 0 Å². The number of piperidine rings is 2. The quantitative estimate of drug-likeness (QED) is 0.598. The zero-order valence-corrected chi connectivity index (χ0v) is 17.0. The Morgan fingerprint density at radius 1 is 0.923 bits per heavy atom. The highest BCUT2D eigenvalue weighted by atomic mass is 35.5. The summed E-state index contributed by atoms with van der Waals surface area (Å²) in [6.45, 7) is 9.03. The van der Waals surface area contributed by atoms with Crippen LogP contribution < -0.4 is 0 Å². The zero-order chi connectivity index (χ0) is 17.9. The molecule has 0 radical (unpaired) electrons. The van der Waals surface area contributed by atoms with Gasteiger partial charge < -0.3 is 9.64 Å². The fourth-order valence-electron chi connectivity index (χ4n) is 4.87. The third-order valence-electron chi connectivity index (χ3n) is 6.30. The molecule has 144 valence electrons. The van der Waals surface area contributed by atoms with E-state index >= 15 is 0 Å². The van der Waals surface area contributed by atoms with Crippen LogP contribution in [0.1, 0.15) is 31.2 Å². The number of ether oxygens (including phenoxy) is 1. The first-order valence-electron chi connectivity index (χ1n) is 10.2. The van der Waals surface area contributed by atoms with Gasteiger partial charge in [0, 0.05) is 42.8 Å². The maximum absolute atomic E-state index is 6.11. The zero-order valence-electron chi connectivity index (χ0n) is 15.5. The smallest absolute Gasteiger partial charge is 0.0500 e. The standard InChI is InChI=1S/C21H30Cl2N2O/c22-17-9-16(10-18(23)11-17)12-25-13-19-20(14-25)21(19)15-26-8-4-7-24-5-2-1-3-6-24/h9-11,19-21H,1-8,12-15H2/t19-,20+,21-. The number of halogens is 2. The Balaban J connectivity index is 1.10. The molecule has 2 heterocycles. The Bertz CT molecular complexity index is 573. The average Bonchev–Trinajstić information content (AvgIpc) is 3.06. The second-order valence-electron chi connectivity index (χ2n) is 8.29. The van der Waals surface area contributed by atoms with Crippen LogP contribution >= 0.6 is 23.2 Å². The molecule has 0 N–H and O–H groups in total. The molecule has 2 saturated heterocycles. The van der Waals surface area contributed by atoms with Crippen molar-refractivity contribution in [3.05, 3.63) is 33.8 Å². The minimum Gasteiger partial charge on any atom is -0.381 e. The van der Waals surface area contributed by atoms with E-state index in [0.29, 0.717) is 0 Å². The van der Waals surface area contributed by atoms with Crippen LogP contribution in [0, 0.1) is 17.8 Å². The number of rotatable bonds is 8. The van der Waals surface area contributed by atoms with E-state index in [2.05, 4.69) is 9.80 Å². The van der Waals surface area contributed by atoms with Crippen molar-refractivity contribution in [2.45, 2.75) is 32.2 Å². The molecule has 3 fully saturated rings. The van der Waals surface area contributed by atoms with Crippen molar-refractivity contribution in [1.29, 1.82) is 0 Å². The van der Waals surface area contributed by atoms with Crippen LogP contribution in [-0.4, -0.2) is 55.7 Å². The molecular weight excluding hydrogens is 367 g/mol. The Hall–Kier alpha value is -0.320. The lowest BCUT2D eigenvalue weighted by molar-refractivity contribution is 0.0967. The lowest BCUT2D eigenvalue weighted by Gasteiger charge is -2.26. The second-order valence-corrected chi connectivity index (χ2v) is 9.17. The molecular formula is C21H30Cl2N2O. The summed E-state index contributed by atoms with van der Waals surface area (Å²) in [6, 6.07) is 5.85. The summed E-state index contributed by atoms with van der Waals surface area (Å²) in [7, 11) is 0. The molecule has 3 aliphatic rings. The van der Waals surface area contributed by atoms with E-state index in [1.807, 2.05) is 12.1 Å². The first kappa shape index (κ1) is 19.0. The van der Waals surface area contributed by atoms with Gasteiger partial charge in [-0.25, -0.2) is 0 Å². The van der Waals surface area contributed by atoms with Crippen molar-refractivity contribution < 1.29 is 4.74 Å². The van der Waals surface area contributed by atoms with E-state index < -0.39 is 0 Å². The van der Waals surface area contributed by atoms with Crippen LogP contribution in [0.4, 0.5) is 0 Å². The molecule has 5 heteroatoms. The summed E-state index contributed by atoms with van der Waals surface area (Å²) in [6.07, 6.45) is 5.36. The summed E-state index contributed by atoms with van der Waals surface area (Å²) in [5.41, 5.74) is 1.22. The van der Waals surface area contributed by atoms with E-state index in [4.69, 9.17) is 27.9 Å². The van der Waals surface area contributed by atoms with Crippen molar-refractivity contribution in [2.75, 3.05) is 45.9 Å². The highest BCUT2D eigenvalue weighted by molar-refractivity contribution is 6.34. The molecule has 3 nitrogen and oxygen atoms in total. The van der Waals surface area contributed by atoms with E-state index in [0.717, 1.165) is 47.6 Å². The molecule has 1 aromatic rings. The molecule has 1 aliphatic carbocycles. The van der Waals surface area contributed by atoms with Crippen LogP contribution in [0.5, 0.6) is 0 Å². The number of nitrogens with zero attached hydrogens (tertiary/aromatic N) is 2. The number of hydrogen-bond donors (Lipinski definition) is 0. The van der Waals surface area contributed by atoms with E-state index in [1.54, 1.807) is 6.07 Å². The fourth-order valence-corrected chi connectivity index (χ4v) is 5.44. The Morgan fingerprint density at radius 3 is 2.31 bits per heavy atom. The molecule has 4 rings (SSSR count). The summed E-state index contributed by atoms with van der Waals surface area (Å²) < 4.78 is 5.99. The van der Waals surface area contributed by atoms with Gasteiger partial charge in [-0.3, -0.25) is 4.90 Å². The van der Waals surface area contributed by atoms with Gasteiger partial charge in [-0.2, -0.15) is 0 Å². The van der Waals surface area contributed by atoms with Crippen LogP contribution in [-0.2, 0) is 11.3 Å². The minimum atomic E-state index is 0.729. The Labute approximate surface area is 167 Å². The Kier molecular flexibility index (Phi) is 6.43. The average molecular weight is 397 g/mol. The number of likely N-dealkylation sites (tertiary alicyclic amines) is 2. The predicted octanol–water partition coefficient (Wildman–Crippen LogP) is 4.56. The van der Waals surface area contributed by atoms with E-state index in [1.165, 1.54) is 64.0 Å². The van der Waals surface area contributed by atoms with Crippen molar-refractivity contribution >= 4 is 23.2 Å². The largest absolute Gasteiger partial charge is 0.381 e. The van der Waals surface area contributed by atoms with Gasteiger partial charge in [0.05, 0.1) is 6.61 Å². The van der Waals surface area contributed by atoms with Crippen molar-refractivity contribution in [3.8, 4) is 0 Å². The maximum Gasteiger partial charge on any atom is 0.0500 e. The normalized spacial score (nSPS) is 29.1. The van der Waals surface area contributed by atoms with Gasteiger partial charge in [-0.05, 0) is 73.9 Å². The van der Waals surface area contributed by atoms with Crippen LogP contribution in [0.3, 0.4) is 0 Å². The molecule has 0 bridgehead atoms. The Morgan fingerprint density at radius 2 is 1.62 bits per heavy atom. The van der Waals surface area contributed by atoms with Crippen molar-refractivity contribution in [1.82, 2.24) is 9.80 Å². The third-order valence-corrected chi connectivity index (χ3v) is 6.73. The monoisotopic (exact) mass is 396 g/mol. The number of hydrogen-bond acceptors (Lipinski definition) is 3. The predicted molar refractivity (Wildman–Crippen MR) is 108 cm³/mol. The van der Waals surface area contributed by atoms with Gasteiger partial charge in [0.15, 0.2) is 0 Å². The first-order chi connectivity index (χ1) is 12.7. The maximum atomic E-state index is 6.11. The summed E-state index contributed by atoms with van der Waals surface area (Å²) >= 11 is 12.2. The van der Waals surface area contributed by atoms with E-state index in [-0.39, 0.29) is 0 Å². The third kappa shape index (κ3) is 4.94. The summed E-state index contributed by atoms with van der Waals surface area (Å²) in [5.74, 6) is 2.47. The molecule has 26 heavy (non-hydrogen) atoms. The lowest BCUT2D eigenvalue weighted by atomic mass is 10.1. The topological polar surface area (TPSA) is 15.7 Å². The van der Waals surface area contributed by atoms with Gasteiger partial charge in [0.25, 0.3) is 0 Å². The van der Waals surface area contributed by atoms with Crippen molar-refractivity contribution in [3.63, 3.8) is 0 Å².